The molecule has 2 rings (SSSR count). The van der Waals surface area contributed by atoms with E-state index in [0.717, 1.165) is 11.4 Å². The van der Waals surface area contributed by atoms with Crippen molar-refractivity contribution in [3.8, 4) is 0 Å². The largest absolute Gasteiger partial charge is 0.389 e. The average molecular weight is 256 g/mol. The van der Waals surface area contributed by atoms with Crippen molar-refractivity contribution in [2.75, 3.05) is 0 Å². The van der Waals surface area contributed by atoms with Gasteiger partial charge >= 0.3 is 0 Å². The SMILES string of the molecule is C[C@@H](c1ccccn1)C(C)(O)[C@@H](C)c1ccccn1. The highest BCUT2D eigenvalue weighted by Gasteiger charge is 2.37. The molecule has 0 saturated carbocycles. The van der Waals surface area contributed by atoms with E-state index in [9.17, 15) is 5.11 Å². The molecule has 2 aromatic rings. The fraction of sp³-hybridized carbons (Fsp3) is 0.375. The lowest BCUT2D eigenvalue weighted by molar-refractivity contribution is 0.0109. The van der Waals surface area contributed by atoms with Crippen molar-refractivity contribution in [2.45, 2.75) is 38.2 Å². The molecule has 0 aliphatic carbocycles. The second-order valence-corrected chi connectivity index (χ2v) is 5.18. The van der Waals surface area contributed by atoms with Gasteiger partial charge in [-0.25, -0.2) is 0 Å². The maximum atomic E-state index is 10.9. The van der Waals surface area contributed by atoms with Crippen molar-refractivity contribution in [1.29, 1.82) is 0 Å². The number of nitrogens with zero attached hydrogens (tertiary/aromatic N) is 2. The molecule has 19 heavy (non-hydrogen) atoms. The Kier molecular flexibility index (Phi) is 3.96. The summed E-state index contributed by atoms with van der Waals surface area (Å²) in [5, 5.41) is 10.9. The van der Waals surface area contributed by atoms with Crippen molar-refractivity contribution in [1.82, 2.24) is 9.97 Å². The highest BCUT2D eigenvalue weighted by Crippen LogP contribution is 2.37. The Morgan fingerprint density at radius 3 is 1.63 bits per heavy atom. The van der Waals surface area contributed by atoms with Gasteiger partial charge in [0, 0.05) is 35.6 Å². The van der Waals surface area contributed by atoms with Crippen LogP contribution in [-0.2, 0) is 0 Å². The standard InChI is InChI=1S/C16H20N2O/c1-12(14-8-4-6-10-17-14)16(3,19)13(2)15-9-5-7-11-18-15/h4-13,19H,1-3H3/t12-,13-/m0/s1. The summed E-state index contributed by atoms with van der Waals surface area (Å²) in [6, 6.07) is 11.6. The second-order valence-electron chi connectivity index (χ2n) is 5.18. The molecule has 1 N–H and O–H groups in total. The number of hydrogen-bond donors (Lipinski definition) is 1. The van der Waals surface area contributed by atoms with Crippen LogP contribution in [0.25, 0.3) is 0 Å². The maximum absolute atomic E-state index is 10.9. The summed E-state index contributed by atoms with van der Waals surface area (Å²) >= 11 is 0. The topological polar surface area (TPSA) is 46.0 Å². The van der Waals surface area contributed by atoms with E-state index >= 15 is 0 Å². The molecule has 0 aliphatic heterocycles. The lowest BCUT2D eigenvalue weighted by Gasteiger charge is -2.35. The Balaban J connectivity index is 2.27. The molecule has 3 heteroatoms. The molecule has 3 nitrogen and oxygen atoms in total. The van der Waals surface area contributed by atoms with Crippen LogP contribution >= 0.6 is 0 Å². The van der Waals surface area contributed by atoms with Crippen LogP contribution < -0.4 is 0 Å². The van der Waals surface area contributed by atoms with Crippen molar-refractivity contribution < 1.29 is 5.11 Å². The third-order valence-corrected chi connectivity index (χ3v) is 4.02. The van der Waals surface area contributed by atoms with E-state index in [4.69, 9.17) is 0 Å². The minimum absolute atomic E-state index is 0.0642. The first-order valence-electron chi connectivity index (χ1n) is 6.57. The van der Waals surface area contributed by atoms with Gasteiger partial charge in [-0.15, -0.1) is 0 Å². The maximum Gasteiger partial charge on any atom is 0.0780 e. The van der Waals surface area contributed by atoms with E-state index in [1.807, 2.05) is 57.2 Å². The first-order chi connectivity index (χ1) is 9.03. The summed E-state index contributed by atoms with van der Waals surface area (Å²) in [5.41, 5.74) is 0.897. The lowest BCUT2D eigenvalue weighted by Crippen LogP contribution is -2.37. The second kappa shape index (κ2) is 5.49. The fourth-order valence-corrected chi connectivity index (χ4v) is 2.24. The highest BCUT2D eigenvalue weighted by atomic mass is 16.3. The summed E-state index contributed by atoms with van der Waals surface area (Å²) < 4.78 is 0. The van der Waals surface area contributed by atoms with Crippen molar-refractivity contribution in [3.63, 3.8) is 0 Å². The third-order valence-electron chi connectivity index (χ3n) is 4.02. The predicted octanol–water partition coefficient (Wildman–Crippen LogP) is 3.13. The summed E-state index contributed by atoms with van der Waals surface area (Å²) in [6.07, 6.45) is 3.51. The van der Waals surface area contributed by atoms with Gasteiger partial charge < -0.3 is 5.11 Å². The van der Waals surface area contributed by atoms with Crippen LogP contribution in [0.1, 0.15) is 44.0 Å². The van der Waals surface area contributed by atoms with E-state index in [1.165, 1.54) is 0 Å². The molecule has 0 amide bonds. The number of hydrogen-bond acceptors (Lipinski definition) is 3. The van der Waals surface area contributed by atoms with Gasteiger partial charge in [0.25, 0.3) is 0 Å². The van der Waals surface area contributed by atoms with Crippen LogP contribution in [-0.4, -0.2) is 20.7 Å². The van der Waals surface area contributed by atoms with Gasteiger partial charge in [0.2, 0.25) is 0 Å². The Bertz CT molecular complexity index is 463. The quantitative estimate of drug-likeness (QED) is 0.914. The summed E-state index contributed by atoms with van der Waals surface area (Å²) in [4.78, 5) is 8.68. The van der Waals surface area contributed by atoms with Gasteiger partial charge in [-0.3, -0.25) is 9.97 Å². The molecule has 0 radical (unpaired) electrons. The zero-order valence-electron chi connectivity index (χ0n) is 11.6. The first-order valence-corrected chi connectivity index (χ1v) is 6.57. The van der Waals surface area contributed by atoms with Gasteiger partial charge in [0.15, 0.2) is 0 Å². The van der Waals surface area contributed by atoms with Gasteiger partial charge in [-0.05, 0) is 31.2 Å². The van der Waals surface area contributed by atoms with Crippen molar-refractivity contribution >= 4 is 0 Å². The van der Waals surface area contributed by atoms with Gasteiger partial charge in [-0.1, -0.05) is 26.0 Å². The van der Waals surface area contributed by atoms with Gasteiger partial charge in [0.1, 0.15) is 0 Å². The monoisotopic (exact) mass is 256 g/mol. The lowest BCUT2D eigenvalue weighted by atomic mass is 9.77. The molecule has 0 bridgehead atoms. The van der Waals surface area contributed by atoms with E-state index in [0.29, 0.717) is 0 Å². The molecule has 0 fully saturated rings. The molecule has 100 valence electrons. The average Bonchev–Trinajstić information content (AvgIpc) is 2.47. The van der Waals surface area contributed by atoms with Crippen LogP contribution in [0.4, 0.5) is 0 Å². The van der Waals surface area contributed by atoms with E-state index in [-0.39, 0.29) is 11.8 Å². The zero-order chi connectivity index (χ0) is 13.9. The van der Waals surface area contributed by atoms with E-state index in [2.05, 4.69) is 9.97 Å². The van der Waals surface area contributed by atoms with Crippen LogP contribution in [0.5, 0.6) is 0 Å². The smallest absolute Gasteiger partial charge is 0.0780 e. The summed E-state index contributed by atoms with van der Waals surface area (Å²) in [5.74, 6) is -0.128. The molecule has 2 aromatic heterocycles. The fourth-order valence-electron chi connectivity index (χ4n) is 2.24. The molecule has 2 heterocycles. The van der Waals surface area contributed by atoms with Gasteiger partial charge in [-0.2, -0.15) is 0 Å². The first kappa shape index (κ1) is 13.7. The minimum atomic E-state index is -0.900. The Hall–Kier alpha value is -1.74. The van der Waals surface area contributed by atoms with Crippen LogP contribution in [0.3, 0.4) is 0 Å². The zero-order valence-corrected chi connectivity index (χ0v) is 11.6. The Morgan fingerprint density at radius 2 is 1.32 bits per heavy atom. The number of aliphatic hydroxyl groups is 1. The molecule has 0 aromatic carbocycles. The van der Waals surface area contributed by atoms with Crippen LogP contribution in [0.2, 0.25) is 0 Å². The van der Waals surface area contributed by atoms with Crippen molar-refractivity contribution in [2.24, 2.45) is 0 Å². The van der Waals surface area contributed by atoms with Gasteiger partial charge in [0.05, 0.1) is 5.60 Å². The molecule has 0 unspecified atom stereocenters. The molecule has 0 aliphatic rings. The van der Waals surface area contributed by atoms with Crippen LogP contribution in [0, 0.1) is 0 Å². The molecule has 2 atom stereocenters. The molecule has 0 spiro atoms. The molecular weight excluding hydrogens is 236 g/mol. The third kappa shape index (κ3) is 2.82. The number of aromatic nitrogens is 2. The van der Waals surface area contributed by atoms with Crippen LogP contribution in [0.15, 0.2) is 48.8 Å². The Morgan fingerprint density at radius 1 is 0.895 bits per heavy atom. The van der Waals surface area contributed by atoms with E-state index in [1.54, 1.807) is 12.4 Å². The number of pyridine rings is 2. The van der Waals surface area contributed by atoms with Crippen molar-refractivity contribution in [3.05, 3.63) is 60.2 Å². The highest BCUT2D eigenvalue weighted by molar-refractivity contribution is 5.20. The minimum Gasteiger partial charge on any atom is -0.389 e. The summed E-state index contributed by atoms with van der Waals surface area (Å²) in [7, 11) is 0. The predicted molar refractivity (Wildman–Crippen MR) is 75.9 cm³/mol. The normalized spacial score (nSPS) is 14.9. The number of rotatable bonds is 4. The van der Waals surface area contributed by atoms with E-state index < -0.39 is 5.60 Å². The Labute approximate surface area is 114 Å². The molecule has 0 saturated heterocycles. The summed E-state index contributed by atoms with van der Waals surface area (Å²) in [6.45, 7) is 5.86. The molecular formula is C16H20N2O.